The van der Waals surface area contributed by atoms with Gasteiger partial charge in [0.1, 0.15) is 5.75 Å². The zero-order valence-corrected chi connectivity index (χ0v) is 15.3. The number of nitrogens with zero attached hydrogens (tertiary/aromatic N) is 1. The third-order valence-electron chi connectivity index (χ3n) is 3.38. The van der Waals surface area contributed by atoms with Crippen molar-refractivity contribution in [2.45, 2.75) is 25.2 Å². The second kappa shape index (κ2) is 10.3. The van der Waals surface area contributed by atoms with Gasteiger partial charge in [-0.05, 0) is 30.7 Å². The van der Waals surface area contributed by atoms with Crippen molar-refractivity contribution in [3.05, 3.63) is 24.3 Å². The zero-order valence-electron chi connectivity index (χ0n) is 14.4. The monoisotopic (exact) mass is 358 g/mol. The predicted octanol–water partition coefficient (Wildman–Crippen LogP) is 1.25. The Morgan fingerprint density at radius 1 is 1.17 bits per heavy atom. The van der Waals surface area contributed by atoms with Gasteiger partial charge in [0.05, 0.1) is 4.90 Å². The Kier molecular flexibility index (Phi) is 8.73. The summed E-state index contributed by atoms with van der Waals surface area (Å²) in [5, 5.41) is 2.71. The molecular formula is C16H26N2O5S. The third-order valence-corrected chi connectivity index (χ3v) is 5.45. The minimum atomic E-state index is -3.48. The minimum absolute atomic E-state index is 0.116. The molecule has 1 aromatic carbocycles. The van der Waals surface area contributed by atoms with Gasteiger partial charge in [-0.25, -0.2) is 8.42 Å². The van der Waals surface area contributed by atoms with Crippen molar-refractivity contribution >= 4 is 15.9 Å². The number of carbonyl (C=O) groups is 1. The van der Waals surface area contributed by atoms with Crippen molar-refractivity contribution in [3.63, 3.8) is 0 Å². The standard InChI is InChI=1S/C16H26N2O5S/c1-4-18(5-2)24(20,21)15-9-7-14(8-10-15)23-13-16(19)17-11-6-12-22-3/h7-10H,4-6,11-13H2,1-3H3,(H,17,19). The Labute approximate surface area is 144 Å². The molecule has 1 amide bonds. The van der Waals surface area contributed by atoms with Crippen molar-refractivity contribution < 1.29 is 22.7 Å². The highest BCUT2D eigenvalue weighted by atomic mass is 32.2. The summed E-state index contributed by atoms with van der Waals surface area (Å²) in [5.74, 6) is 0.214. The number of hydrogen-bond acceptors (Lipinski definition) is 5. The van der Waals surface area contributed by atoms with Gasteiger partial charge in [0.15, 0.2) is 6.61 Å². The molecule has 0 radical (unpaired) electrons. The first-order valence-electron chi connectivity index (χ1n) is 7.94. The molecular weight excluding hydrogens is 332 g/mol. The minimum Gasteiger partial charge on any atom is -0.484 e. The number of sulfonamides is 1. The Hall–Kier alpha value is -1.64. The second-order valence-corrected chi connectivity index (χ2v) is 6.98. The highest BCUT2D eigenvalue weighted by Gasteiger charge is 2.21. The summed E-state index contributed by atoms with van der Waals surface area (Å²) in [5.41, 5.74) is 0. The quantitative estimate of drug-likeness (QED) is 0.602. The highest BCUT2D eigenvalue weighted by Crippen LogP contribution is 2.19. The van der Waals surface area contributed by atoms with E-state index in [-0.39, 0.29) is 17.4 Å². The zero-order chi connectivity index (χ0) is 18.0. The summed E-state index contributed by atoms with van der Waals surface area (Å²) >= 11 is 0. The van der Waals surface area contributed by atoms with Gasteiger partial charge in [0.2, 0.25) is 10.0 Å². The van der Waals surface area contributed by atoms with Gasteiger partial charge >= 0.3 is 0 Å². The Morgan fingerprint density at radius 2 is 1.79 bits per heavy atom. The molecule has 1 rings (SSSR count). The first-order valence-corrected chi connectivity index (χ1v) is 9.38. The fourth-order valence-corrected chi connectivity index (χ4v) is 3.52. The van der Waals surface area contributed by atoms with Gasteiger partial charge in [-0.3, -0.25) is 4.79 Å². The molecule has 0 aromatic heterocycles. The van der Waals surface area contributed by atoms with Gasteiger partial charge in [0.25, 0.3) is 5.91 Å². The first kappa shape index (κ1) is 20.4. The summed E-state index contributed by atoms with van der Waals surface area (Å²) in [7, 11) is -1.87. The number of carbonyl (C=O) groups excluding carboxylic acids is 1. The maximum Gasteiger partial charge on any atom is 0.257 e. The second-order valence-electron chi connectivity index (χ2n) is 5.05. The van der Waals surface area contributed by atoms with E-state index in [1.54, 1.807) is 33.1 Å². The summed E-state index contributed by atoms with van der Waals surface area (Å²) in [4.78, 5) is 11.8. The SMILES string of the molecule is CCN(CC)S(=O)(=O)c1ccc(OCC(=O)NCCCOC)cc1. The number of benzene rings is 1. The molecule has 1 N–H and O–H groups in total. The number of amides is 1. The molecule has 0 aliphatic carbocycles. The van der Waals surface area contributed by atoms with E-state index in [0.29, 0.717) is 32.0 Å². The molecule has 0 spiro atoms. The van der Waals surface area contributed by atoms with Crippen LogP contribution in [-0.2, 0) is 19.6 Å². The van der Waals surface area contributed by atoms with Crippen molar-refractivity contribution in [2.75, 3.05) is 40.0 Å². The number of nitrogens with one attached hydrogen (secondary N) is 1. The van der Waals surface area contributed by atoms with Crippen molar-refractivity contribution in [2.24, 2.45) is 0 Å². The van der Waals surface area contributed by atoms with E-state index < -0.39 is 10.0 Å². The van der Waals surface area contributed by atoms with Crippen LogP contribution < -0.4 is 10.1 Å². The molecule has 0 atom stereocenters. The van der Waals surface area contributed by atoms with Crippen LogP contribution >= 0.6 is 0 Å². The topological polar surface area (TPSA) is 84.9 Å². The van der Waals surface area contributed by atoms with Gasteiger partial charge in [-0.1, -0.05) is 13.8 Å². The van der Waals surface area contributed by atoms with E-state index in [1.165, 1.54) is 16.4 Å². The lowest BCUT2D eigenvalue weighted by Gasteiger charge is -2.18. The smallest absolute Gasteiger partial charge is 0.257 e. The van der Waals surface area contributed by atoms with E-state index in [1.807, 2.05) is 0 Å². The van der Waals surface area contributed by atoms with Crippen LogP contribution in [0.4, 0.5) is 0 Å². The lowest BCUT2D eigenvalue weighted by Crippen LogP contribution is -2.30. The maximum absolute atomic E-state index is 12.4. The average molecular weight is 358 g/mol. The first-order chi connectivity index (χ1) is 11.5. The van der Waals surface area contributed by atoms with E-state index in [2.05, 4.69) is 5.32 Å². The lowest BCUT2D eigenvalue weighted by molar-refractivity contribution is -0.123. The maximum atomic E-state index is 12.4. The van der Waals surface area contributed by atoms with Gasteiger partial charge in [-0.2, -0.15) is 4.31 Å². The van der Waals surface area contributed by atoms with Crippen LogP contribution in [0.3, 0.4) is 0 Å². The molecule has 0 aliphatic heterocycles. The largest absolute Gasteiger partial charge is 0.484 e. The van der Waals surface area contributed by atoms with Crippen molar-refractivity contribution in [1.29, 1.82) is 0 Å². The van der Waals surface area contributed by atoms with E-state index >= 15 is 0 Å². The van der Waals surface area contributed by atoms with Crippen molar-refractivity contribution in [3.8, 4) is 5.75 Å². The molecule has 7 nitrogen and oxygen atoms in total. The molecule has 0 bridgehead atoms. The van der Waals surface area contributed by atoms with Crippen LogP contribution in [0.1, 0.15) is 20.3 Å². The molecule has 0 aliphatic rings. The Balaban J connectivity index is 2.55. The van der Waals surface area contributed by atoms with Crippen LogP contribution in [0.25, 0.3) is 0 Å². The average Bonchev–Trinajstić information content (AvgIpc) is 2.58. The van der Waals surface area contributed by atoms with Gasteiger partial charge < -0.3 is 14.8 Å². The van der Waals surface area contributed by atoms with Crippen LogP contribution in [-0.4, -0.2) is 58.6 Å². The highest BCUT2D eigenvalue weighted by molar-refractivity contribution is 7.89. The normalized spacial score (nSPS) is 11.5. The molecule has 0 heterocycles. The van der Waals surface area contributed by atoms with Crippen LogP contribution in [0.5, 0.6) is 5.75 Å². The molecule has 24 heavy (non-hydrogen) atoms. The number of methoxy groups -OCH3 is 1. The molecule has 0 fully saturated rings. The molecule has 1 aromatic rings. The predicted molar refractivity (Wildman–Crippen MR) is 91.5 cm³/mol. The summed E-state index contributed by atoms with van der Waals surface area (Å²) in [6, 6.07) is 6.07. The third kappa shape index (κ3) is 6.10. The fourth-order valence-electron chi connectivity index (χ4n) is 2.06. The number of ether oxygens (including phenoxy) is 2. The number of hydrogen-bond donors (Lipinski definition) is 1. The molecule has 8 heteroatoms. The van der Waals surface area contributed by atoms with Gasteiger partial charge in [0, 0.05) is 33.4 Å². The van der Waals surface area contributed by atoms with E-state index in [0.717, 1.165) is 6.42 Å². The number of rotatable bonds is 11. The van der Waals surface area contributed by atoms with Crippen molar-refractivity contribution in [1.82, 2.24) is 9.62 Å². The molecule has 0 saturated heterocycles. The summed E-state index contributed by atoms with van der Waals surface area (Å²) < 4.78 is 36.3. The molecule has 136 valence electrons. The summed E-state index contributed by atoms with van der Waals surface area (Å²) in [6.07, 6.45) is 0.736. The Bertz CT molecular complexity index is 597. The van der Waals surface area contributed by atoms with Crippen LogP contribution in [0.2, 0.25) is 0 Å². The lowest BCUT2D eigenvalue weighted by atomic mass is 10.3. The fraction of sp³-hybridized carbons (Fsp3) is 0.562. The van der Waals surface area contributed by atoms with E-state index in [9.17, 15) is 13.2 Å². The van der Waals surface area contributed by atoms with Crippen LogP contribution in [0.15, 0.2) is 29.2 Å². The Morgan fingerprint density at radius 3 is 2.33 bits per heavy atom. The van der Waals surface area contributed by atoms with E-state index in [4.69, 9.17) is 9.47 Å². The summed E-state index contributed by atoms with van der Waals surface area (Å²) in [6.45, 7) is 5.42. The van der Waals surface area contributed by atoms with Gasteiger partial charge in [-0.15, -0.1) is 0 Å². The molecule has 0 unspecified atom stereocenters. The van der Waals surface area contributed by atoms with Crippen LogP contribution in [0, 0.1) is 0 Å². The molecule has 0 saturated carbocycles.